The van der Waals surface area contributed by atoms with Crippen LogP contribution in [0.1, 0.15) is 5.56 Å². The second-order valence-corrected chi connectivity index (χ2v) is 4.57. The molecule has 0 atom stereocenters. The number of azo groups is 1. The second kappa shape index (κ2) is 5.60. The first kappa shape index (κ1) is 13.7. The van der Waals surface area contributed by atoms with Gasteiger partial charge < -0.3 is 15.1 Å². The Balaban J connectivity index is 1.80. The average Bonchev–Trinajstić information content (AvgIpc) is 2.83. The van der Waals surface area contributed by atoms with Gasteiger partial charge in [0, 0.05) is 17.8 Å². The third kappa shape index (κ3) is 2.75. The van der Waals surface area contributed by atoms with E-state index in [-0.39, 0.29) is 18.0 Å². The van der Waals surface area contributed by atoms with Crippen LogP contribution in [-0.4, -0.2) is 26.0 Å². The molecule has 110 valence electrons. The molecule has 0 spiro atoms. The van der Waals surface area contributed by atoms with Crippen LogP contribution >= 0.6 is 0 Å². The molecule has 22 heavy (non-hydrogen) atoms. The predicted octanol–water partition coefficient (Wildman–Crippen LogP) is 1.81. The summed E-state index contributed by atoms with van der Waals surface area (Å²) in [5.74, 6) is -0.665. The van der Waals surface area contributed by atoms with Crippen LogP contribution < -0.4 is 5.69 Å². The van der Waals surface area contributed by atoms with Gasteiger partial charge in [0.05, 0.1) is 11.9 Å². The molecule has 0 aliphatic rings. The summed E-state index contributed by atoms with van der Waals surface area (Å²) in [6.45, 7) is 0. The Labute approximate surface area is 123 Å². The van der Waals surface area contributed by atoms with Gasteiger partial charge in [0.25, 0.3) is 5.91 Å². The summed E-state index contributed by atoms with van der Waals surface area (Å²) in [7, 11) is 0. The van der Waals surface area contributed by atoms with Crippen molar-refractivity contribution in [2.45, 2.75) is 6.42 Å². The van der Waals surface area contributed by atoms with Crippen LogP contribution in [-0.2, 0) is 11.2 Å². The van der Waals surface area contributed by atoms with Crippen molar-refractivity contribution in [1.29, 1.82) is 0 Å². The Bertz CT molecular complexity index is 905. The Kier molecular flexibility index (Phi) is 3.48. The number of hydrogen-bond acceptors (Lipinski definition) is 5. The van der Waals surface area contributed by atoms with Gasteiger partial charge in [0.1, 0.15) is 0 Å². The van der Waals surface area contributed by atoms with E-state index in [0.717, 1.165) is 0 Å². The number of aromatic amines is 2. The van der Waals surface area contributed by atoms with E-state index < -0.39 is 11.6 Å². The number of amides is 1. The number of aromatic hydroxyl groups is 1. The normalized spacial score (nSPS) is 11.3. The Morgan fingerprint density at radius 1 is 1.32 bits per heavy atom. The van der Waals surface area contributed by atoms with Gasteiger partial charge >= 0.3 is 5.69 Å². The van der Waals surface area contributed by atoms with Crippen molar-refractivity contribution >= 4 is 22.5 Å². The zero-order chi connectivity index (χ0) is 15.5. The molecule has 0 aliphatic carbocycles. The number of H-pyrrole nitrogens is 2. The minimum atomic E-state index is -0.515. The molecule has 3 aromatic rings. The van der Waals surface area contributed by atoms with E-state index in [1.807, 2.05) is 6.07 Å². The first-order valence-electron chi connectivity index (χ1n) is 6.41. The fourth-order valence-electron chi connectivity index (χ4n) is 2.00. The molecule has 1 aromatic carbocycles. The maximum atomic E-state index is 11.8. The van der Waals surface area contributed by atoms with Gasteiger partial charge in [-0.25, -0.2) is 9.78 Å². The fraction of sp³-hybridized carbons (Fsp3) is 0.0714. The topological polar surface area (TPSA) is 124 Å². The molecular formula is C14H11N5O3. The molecule has 0 unspecified atom stereocenters. The molecular weight excluding hydrogens is 286 g/mol. The second-order valence-electron chi connectivity index (χ2n) is 4.57. The average molecular weight is 297 g/mol. The third-order valence-corrected chi connectivity index (χ3v) is 3.01. The van der Waals surface area contributed by atoms with Crippen molar-refractivity contribution in [2.75, 3.05) is 0 Å². The first-order valence-corrected chi connectivity index (χ1v) is 6.41. The minimum absolute atomic E-state index is 0.0452. The molecule has 0 saturated heterocycles. The van der Waals surface area contributed by atoms with Crippen LogP contribution in [0.2, 0.25) is 0 Å². The van der Waals surface area contributed by atoms with E-state index >= 15 is 0 Å². The summed E-state index contributed by atoms with van der Waals surface area (Å²) in [6.07, 6.45) is 2.65. The summed E-state index contributed by atoms with van der Waals surface area (Å²) >= 11 is 0. The maximum Gasteiger partial charge on any atom is 0.344 e. The summed E-state index contributed by atoms with van der Waals surface area (Å²) in [6, 6.07) is 7.15. The summed E-state index contributed by atoms with van der Waals surface area (Å²) in [5, 5.41) is 17.9. The van der Waals surface area contributed by atoms with Gasteiger partial charge in [-0.1, -0.05) is 18.2 Å². The molecule has 2 heterocycles. The Hall–Kier alpha value is -3.29. The highest BCUT2D eigenvalue weighted by atomic mass is 16.3. The zero-order valence-electron chi connectivity index (χ0n) is 11.3. The lowest BCUT2D eigenvalue weighted by Crippen LogP contribution is -2.10. The monoisotopic (exact) mass is 297 g/mol. The summed E-state index contributed by atoms with van der Waals surface area (Å²) in [4.78, 5) is 31.2. The highest BCUT2D eigenvalue weighted by Crippen LogP contribution is 2.35. The van der Waals surface area contributed by atoms with Gasteiger partial charge in [0.2, 0.25) is 5.88 Å². The fourth-order valence-corrected chi connectivity index (χ4v) is 2.00. The van der Waals surface area contributed by atoms with Gasteiger partial charge in [-0.15, -0.1) is 10.2 Å². The lowest BCUT2D eigenvalue weighted by molar-refractivity contribution is -0.117. The number of benzene rings is 1. The highest BCUT2D eigenvalue weighted by Gasteiger charge is 2.10. The number of nitrogens with one attached hydrogen (secondary N) is 2. The van der Waals surface area contributed by atoms with Crippen molar-refractivity contribution in [1.82, 2.24) is 15.0 Å². The number of rotatable bonds is 3. The lowest BCUT2D eigenvalue weighted by atomic mass is 10.2. The van der Waals surface area contributed by atoms with Gasteiger partial charge in [0.15, 0.2) is 5.69 Å². The van der Waals surface area contributed by atoms with Crippen LogP contribution in [0, 0.1) is 0 Å². The molecule has 0 saturated carbocycles. The molecule has 0 bridgehead atoms. The molecule has 0 fully saturated rings. The molecule has 0 aliphatic heterocycles. The van der Waals surface area contributed by atoms with Gasteiger partial charge in [-0.2, -0.15) is 0 Å². The van der Waals surface area contributed by atoms with E-state index in [1.54, 1.807) is 18.2 Å². The minimum Gasteiger partial charge on any atom is -0.493 e. The molecule has 3 N–H and O–H groups in total. The number of hydrogen-bond donors (Lipinski definition) is 3. The number of aromatic nitrogens is 3. The van der Waals surface area contributed by atoms with E-state index in [2.05, 4.69) is 25.2 Å². The van der Waals surface area contributed by atoms with Crippen molar-refractivity contribution in [3.63, 3.8) is 0 Å². The molecule has 8 heteroatoms. The molecule has 0 radical (unpaired) electrons. The predicted molar refractivity (Wildman–Crippen MR) is 78.0 cm³/mol. The molecule has 2 aromatic heterocycles. The Morgan fingerprint density at radius 2 is 2.14 bits per heavy atom. The van der Waals surface area contributed by atoms with E-state index in [0.29, 0.717) is 16.5 Å². The smallest absolute Gasteiger partial charge is 0.344 e. The third-order valence-electron chi connectivity index (χ3n) is 3.01. The molecule has 1 amide bonds. The number of fused-ring (bicyclic) bond motifs is 1. The van der Waals surface area contributed by atoms with Gasteiger partial charge in [-0.05, 0) is 11.6 Å². The number of carbonyl (C=O) groups is 1. The highest BCUT2D eigenvalue weighted by molar-refractivity contribution is 5.94. The number of para-hydroxylation sites is 1. The SMILES string of the molecule is O=C(Cc1cnc(=O)[nH]c1)N=Nc1c(O)[nH]c2ccccc12. The zero-order valence-corrected chi connectivity index (χ0v) is 11.3. The summed E-state index contributed by atoms with van der Waals surface area (Å²) in [5.41, 5.74) is 0.947. The van der Waals surface area contributed by atoms with Crippen molar-refractivity contribution in [3.05, 3.63) is 52.7 Å². The van der Waals surface area contributed by atoms with Gasteiger partial charge in [-0.3, -0.25) is 4.79 Å². The van der Waals surface area contributed by atoms with Crippen LogP contribution in [0.3, 0.4) is 0 Å². The van der Waals surface area contributed by atoms with Crippen molar-refractivity contribution in [3.8, 4) is 5.88 Å². The van der Waals surface area contributed by atoms with Crippen molar-refractivity contribution in [2.24, 2.45) is 10.2 Å². The van der Waals surface area contributed by atoms with Crippen LogP contribution in [0.25, 0.3) is 10.9 Å². The summed E-state index contributed by atoms with van der Waals surface area (Å²) < 4.78 is 0. The Morgan fingerprint density at radius 3 is 2.91 bits per heavy atom. The van der Waals surface area contributed by atoms with Crippen molar-refractivity contribution < 1.29 is 9.90 Å². The van der Waals surface area contributed by atoms with E-state index in [1.165, 1.54) is 12.4 Å². The molecule has 8 nitrogen and oxygen atoms in total. The first-order chi connectivity index (χ1) is 10.6. The van der Waals surface area contributed by atoms with E-state index in [9.17, 15) is 14.7 Å². The van der Waals surface area contributed by atoms with Crippen LogP contribution in [0.4, 0.5) is 5.69 Å². The largest absolute Gasteiger partial charge is 0.493 e. The van der Waals surface area contributed by atoms with Crippen LogP contribution in [0.5, 0.6) is 5.88 Å². The molecule has 3 rings (SSSR count). The number of carbonyl (C=O) groups excluding carboxylic acids is 1. The maximum absolute atomic E-state index is 11.8. The van der Waals surface area contributed by atoms with Crippen LogP contribution in [0.15, 0.2) is 51.7 Å². The lowest BCUT2D eigenvalue weighted by Gasteiger charge is -1.94. The van der Waals surface area contributed by atoms with E-state index in [4.69, 9.17) is 0 Å². The standard InChI is InChI=1S/C14H11N5O3/c20-11(5-8-6-15-14(22)16-7-8)18-19-12-9-3-1-2-4-10(9)17-13(12)21/h1-4,6-7,17,21H,5H2,(H,15,16,22). The quantitative estimate of drug-likeness (QED) is 0.638. The number of nitrogens with zero attached hydrogens (tertiary/aromatic N) is 3.